The van der Waals surface area contributed by atoms with Crippen LogP contribution in [0.4, 0.5) is 0 Å². The fourth-order valence-electron chi connectivity index (χ4n) is 0.272. The fraction of sp³-hybridized carbons (Fsp3) is 0.333. The van der Waals surface area contributed by atoms with Crippen molar-refractivity contribution in [2.75, 3.05) is 14.1 Å². The third-order valence-corrected chi connectivity index (χ3v) is 0.581. The van der Waals surface area contributed by atoms with Crippen LogP contribution in [0.3, 0.4) is 0 Å². The molecule has 0 aliphatic heterocycles. The zero-order chi connectivity index (χ0) is 6.24. The van der Waals surface area contributed by atoms with Gasteiger partial charge in [0.05, 0.1) is 0 Å². The highest BCUT2D eigenvalue weighted by Crippen LogP contribution is 1.62. The molecule has 8 heavy (non-hydrogen) atoms. The summed E-state index contributed by atoms with van der Waals surface area (Å²) < 4.78 is 0. The maximum atomic E-state index is 3.73. The van der Waals surface area contributed by atoms with Gasteiger partial charge < -0.3 is 0 Å². The van der Waals surface area contributed by atoms with Crippen LogP contribution in [-0.4, -0.2) is 26.5 Å². The molecule has 0 fully saturated rings. The molecule has 0 bridgehead atoms. The first kappa shape index (κ1) is 7.08. The van der Waals surface area contributed by atoms with Gasteiger partial charge in [-0.2, -0.15) is 0 Å². The Labute approximate surface area is 49.7 Å². The molecule has 0 atom stereocenters. The lowest BCUT2D eigenvalue weighted by molar-refractivity contribution is 1.47. The van der Waals surface area contributed by atoms with Gasteiger partial charge in [-0.1, -0.05) is 0 Å². The molecule has 0 N–H and O–H groups in total. The topological polar surface area (TPSA) is 24.7 Å². The van der Waals surface area contributed by atoms with Crippen molar-refractivity contribution in [1.29, 1.82) is 0 Å². The summed E-state index contributed by atoms with van der Waals surface area (Å²) in [6.07, 6.45) is 7.07. The van der Waals surface area contributed by atoms with Crippen LogP contribution in [0.25, 0.3) is 0 Å². The Balaban J connectivity index is 3.35. The third kappa shape index (κ3) is 5.08. The summed E-state index contributed by atoms with van der Waals surface area (Å²) in [5, 5.41) is 0. The number of aliphatic imine (C=N–C) groups is 2. The summed E-state index contributed by atoms with van der Waals surface area (Å²) >= 11 is 0. The van der Waals surface area contributed by atoms with E-state index < -0.39 is 0 Å². The number of rotatable bonds is 2. The zero-order valence-corrected chi connectivity index (χ0v) is 5.20. The van der Waals surface area contributed by atoms with Gasteiger partial charge in [-0.15, -0.1) is 0 Å². The molecule has 2 heteroatoms. The molecule has 0 heterocycles. The van der Waals surface area contributed by atoms with E-state index >= 15 is 0 Å². The van der Waals surface area contributed by atoms with Gasteiger partial charge in [0.2, 0.25) is 0 Å². The Morgan fingerprint density at radius 3 is 1.50 bits per heavy atom. The van der Waals surface area contributed by atoms with E-state index in [2.05, 4.69) is 9.98 Å². The lowest BCUT2D eigenvalue weighted by Crippen LogP contribution is -1.64. The highest BCUT2D eigenvalue weighted by molar-refractivity contribution is 5.81. The largest absolute Gasteiger partial charge is 0.297 e. The highest BCUT2D eigenvalue weighted by Gasteiger charge is 1.56. The fourth-order valence-corrected chi connectivity index (χ4v) is 0.272. The second kappa shape index (κ2) is 6.08. The predicted molar refractivity (Wildman–Crippen MR) is 38.0 cm³/mol. The molecule has 0 aliphatic carbocycles. The van der Waals surface area contributed by atoms with Gasteiger partial charge in [-0.05, 0) is 12.2 Å². The molecule has 0 radical (unpaired) electrons. The quantitative estimate of drug-likeness (QED) is 0.473. The van der Waals surface area contributed by atoms with Crippen molar-refractivity contribution in [3.05, 3.63) is 12.2 Å². The van der Waals surface area contributed by atoms with Crippen LogP contribution in [0.15, 0.2) is 22.1 Å². The molecule has 44 valence electrons. The van der Waals surface area contributed by atoms with Gasteiger partial charge >= 0.3 is 0 Å². The number of allylic oxidation sites excluding steroid dienone is 2. The van der Waals surface area contributed by atoms with Gasteiger partial charge in [0.1, 0.15) is 0 Å². The van der Waals surface area contributed by atoms with E-state index in [1.165, 1.54) is 0 Å². The van der Waals surface area contributed by atoms with Gasteiger partial charge in [0.15, 0.2) is 0 Å². The summed E-state index contributed by atoms with van der Waals surface area (Å²) in [6, 6.07) is 0. The van der Waals surface area contributed by atoms with Crippen LogP contribution in [0, 0.1) is 0 Å². The Hall–Kier alpha value is -0.920. The molecule has 0 rings (SSSR count). The second-order valence-corrected chi connectivity index (χ2v) is 1.20. The number of nitrogens with zero attached hydrogens (tertiary/aromatic N) is 2. The Kier molecular flexibility index (Phi) is 5.38. The maximum Gasteiger partial charge on any atom is 0.0277 e. The molecule has 0 amide bonds. The average molecular weight is 110 g/mol. The summed E-state index contributed by atoms with van der Waals surface area (Å²) in [7, 11) is 3.46. The van der Waals surface area contributed by atoms with E-state index in [0.717, 1.165) is 0 Å². The first-order chi connectivity index (χ1) is 3.91. The maximum absolute atomic E-state index is 3.73. The summed E-state index contributed by atoms with van der Waals surface area (Å²) in [6.45, 7) is 0. The lowest BCUT2D eigenvalue weighted by Gasteiger charge is -1.68. The van der Waals surface area contributed by atoms with Crippen molar-refractivity contribution in [2.45, 2.75) is 0 Å². The molecular weight excluding hydrogens is 100 g/mol. The predicted octanol–water partition coefficient (Wildman–Crippen LogP) is 0.944. The molecule has 0 aromatic rings. The summed E-state index contributed by atoms with van der Waals surface area (Å²) in [5.74, 6) is 0. The van der Waals surface area contributed by atoms with Crippen molar-refractivity contribution in [3.63, 3.8) is 0 Å². The van der Waals surface area contributed by atoms with Crippen molar-refractivity contribution in [3.8, 4) is 0 Å². The number of hydrogen-bond acceptors (Lipinski definition) is 2. The minimum Gasteiger partial charge on any atom is -0.297 e. The molecule has 0 spiro atoms. The molecule has 0 aromatic heterocycles. The molecule has 0 unspecified atom stereocenters. The summed E-state index contributed by atoms with van der Waals surface area (Å²) in [5.41, 5.74) is 0. The van der Waals surface area contributed by atoms with Crippen LogP contribution in [0.2, 0.25) is 0 Å². The highest BCUT2D eigenvalue weighted by atomic mass is 14.6. The molecule has 0 saturated heterocycles. The molecule has 2 nitrogen and oxygen atoms in total. The first-order valence-electron chi connectivity index (χ1n) is 2.41. The monoisotopic (exact) mass is 110 g/mol. The van der Waals surface area contributed by atoms with Crippen molar-refractivity contribution in [2.24, 2.45) is 9.98 Å². The Morgan fingerprint density at radius 2 is 1.25 bits per heavy atom. The van der Waals surface area contributed by atoms with E-state index in [1.807, 2.05) is 12.2 Å². The Morgan fingerprint density at radius 1 is 0.875 bits per heavy atom. The van der Waals surface area contributed by atoms with Crippen LogP contribution in [-0.2, 0) is 0 Å². The SMILES string of the molecule is CN=CC=CC=NC. The van der Waals surface area contributed by atoms with Crippen LogP contribution >= 0.6 is 0 Å². The standard InChI is InChI=1S/C6H10N2/c1-7-5-3-4-6-8-2/h3-6H,1-2H3. The number of hydrogen-bond donors (Lipinski definition) is 0. The van der Waals surface area contributed by atoms with E-state index in [9.17, 15) is 0 Å². The van der Waals surface area contributed by atoms with Gasteiger partial charge in [-0.25, -0.2) is 0 Å². The van der Waals surface area contributed by atoms with Gasteiger partial charge in [0, 0.05) is 26.5 Å². The van der Waals surface area contributed by atoms with Crippen LogP contribution in [0.1, 0.15) is 0 Å². The van der Waals surface area contributed by atoms with E-state index in [4.69, 9.17) is 0 Å². The lowest BCUT2D eigenvalue weighted by atomic mass is 10.5. The molecule has 0 saturated carbocycles. The molecule has 0 aromatic carbocycles. The van der Waals surface area contributed by atoms with E-state index in [0.29, 0.717) is 0 Å². The molecule has 0 aliphatic rings. The minimum absolute atomic E-state index is 1.71. The smallest absolute Gasteiger partial charge is 0.0277 e. The Bertz CT molecular complexity index is 97.7. The van der Waals surface area contributed by atoms with Crippen molar-refractivity contribution >= 4 is 12.4 Å². The van der Waals surface area contributed by atoms with Gasteiger partial charge in [-0.3, -0.25) is 9.98 Å². The minimum atomic E-state index is 1.71. The first-order valence-corrected chi connectivity index (χ1v) is 2.41. The van der Waals surface area contributed by atoms with Gasteiger partial charge in [0.25, 0.3) is 0 Å². The van der Waals surface area contributed by atoms with Crippen molar-refractivity contribution < 1.29 is 0 Å². The normalized spacial score (nSPS) is 12.8. The van der Waals surface area contributed by atoms with E-state index in [-0.39, 0.29) is 0 Å². The summed E-state index contributed by atoms with van der Waals surface area (Å²) in [4.78, 5) is 7.47. The third-order valence-electron chi connectivity index (χ3n) is 0.581. The van der Waals surface area contributed by atoms with E-state index in [1.54, 1.807) is 26.5 Å². The van der Waals surface area contributed by atoms with Crippen LogP contribution < -0.4 is 0 Å². The van der Waals surface area contributed by atoms with Crippen LogP contribution in [0.5, 0.6) is 0 Å². The average Bonchev–Trinajstić information content (AvgIpc) is 1.81. The molecular formula is C6H10N2. The zero-order valence-electron chi connectivity index (χ0n) is 5.20. The second-order valence-electron chi connectivity index (χ2n) is 1.20. The van der Waals surface area contributed by atoms with Crippen molar-refractivity contribution in [1.82, 2.24) is 0 Å².